The highest BCUT2D eigenvalue weighted by atomic mass is 19.1. The van der Waals surface area contributed by atoms with Gasteiger partial charge in [0.2, 0.25) is 0 Å². The average Bonchev–Trinajstić information content (AvgIpc) is 2.63. The molecule has 2 aromatic carbocycles. The van der Waals surface area contributed by atoms with E-state index in [0.717, 1.165) is 5.56 Å². The summed E-state index contributed by atoms with van der Waals surface area (Å²) in [4.78, 5) is 12.4. The zero-order valence-electron chi connectivity index (χ0n) is 13.9. The van der Waals surface area contributed by atoms with E-state index in [1.54, 1.807) is 25.1 Å². The van der Waals surface area contributed by atoms with Crippen LogP contribution in [0.3, 0.4) is 0 Å². The number of hydrogen-bond acceptors (Lipinski definition) is 3. The molecule has 25 heavy (non-hydrogen) atoms. The predicted molar refractivity (Wildman–Crippen MR) is 96.9 cm³/mol. The maximum absolute atomic E-state index is 14.1. The van der Waals surface area contributed by atoms with Crippen molar-refractivity contribution in [1.82, 2.24) is 10.2 Å². The molecule has 0 bridgehead atoms. The minimum absolute atomic E-state index is 0.0901. The Balaban J connectivity index is 2.22. The van der Waals surface area contributed by atoms with Crippen LogP contribution in [0.5, 0.6) is 5.75 Å². The van der Waals surface area contributed by atoms with Gasteiger partial charge in [-0.2, -0.15) is 5.10 Å². The smallest absolute Gasteiger partial charge is 0.272 e. The molecule has 0 fully saturated rings. The van der Waals surface area contributed by atoms with E-state index in [9.17, 15) is 9.18 Å². The molecule has 1 N–H and O–H groups in total. The third-order valence-electron chi connectivity index (χ3n) is 3.88. The quantitative estimate of drug-likeness (QED) is 0.781. The molecule has 3 aromatic rings. The molecule has 0 unspecified atom stereocenters. The lowest BCUT2D eigenvalue weighted by molar-refractivity contribution is 0.388. The van der Waals surface area contributed by atoms with E-state index >= 15 is 0 Å². The van der Waals surface area contributed by atoms with Crippen molar-refractivity contribution in [3.63, 3.8) is 0 Å². The van der Waals surface area contributed by atoms with Gasteiger partial charge in [-0.15, -0.1) is 0 Å². The fraction of sp³-hybridized carbons (Fsp3) is 0.100. The number of aromatic amines is 1. The van der Waals surface area contributed by atoms with Crippen LogP contribution in [0.2, 0.25) is 0 Å². The Morgan fingerprint density at radius 1 is 1.08 bits per heavy atom. The topological polar surface area (TPSA) is 55.0 Å². The summed E-state index contributed by atoms with van der Waals surface area (Å²) in [5.41, 5.74) is 2.63. The van der Waals surface area contributed by atoms with Crippen molar-refractivity contribution in [3.05, 3.63) is 81.5 Å². The van der Waals surface area contributed by atoms with E-state index in [-0.39, 0.29) is 11.3 Å². The van der Waals surface area contributed by atoms with Gasteiger partial charge in [0.25, 0.3) is 5.56 Å². The summed E-state index contributed by atoms with van der Waals surface area (Å²) in [6.07, 6.45) is 3.54. The Morgan fingerprint density at radius 2 is 1.84 bits per heavy atom. The van der Waals surface area contributed by atoms with Crippen molar-refractivity contribution in [1.29, 1.82) is 0 Å². The first-order valence-electron chi connectivity index (χ1n) is 7.77. The lowest BCUT2D eigenvalue weighted by Crippen LogP contribution is -2.15. The molecule has 1 heterocycles. The first-order valence-corrected chi connectivity index (χ1v) is 7.77. The van der Waals surface area contributed by atoms with Gasteiger partial charge in [-0.1, -0.05) is 48.5 Å². The van der Waals surface area contributed by atoms with E-state index < -0.39 is 5.82 Å². The van der Waals surface area contributed by atoms with Crippen LogP contribution in [0.25, 0.3) is 23.3 Å². The molecule has 0 radical (unpaired) electrons. The second-order valence-corrected chi connectivity index (χ2v) is 5.49. The molecule has 0 saturated carbocycles. The molecule has 126 valence electrons. The summed E-state index contributed by atoms with van der Waals surface area (Å²) >= 11 is 0. The minimum Gasteiger partial charge on any atom is -0.493 e. The predicted octanol–water partition coefficient (Wildman–Crippen LogP) is 4.06. The van der Waals surface area contributed by atoms with Crippen LogP contribution in [0.4, 0.5) is 4.39 Å². The summed E-state index contributed by atoms with van der Waals surface area (Å²) in [5.74, 6) is -0.398. The van der Waals surface area contributed by atoms with E-state index in [0.29, 0.717) is 22.4 Å². The third-order valence-corrected chi connectivity index (χ3v) is 3.88. The van der Waals surface area contributed by atoms with Gasteiger partial charge in [0.15, 0.2) is 11.6 Å². The van der Waals surface area contributed by atoms with E-state index in [1.807, 2.05) is 36.4 Å². The number of rotatable bonds is 4. The van der Waals surface area contributed by atoms with Crippen LogP contribution in [0.15, 0.2) is 53.3 Å². The number of H-pyrrole nitrogens is 1. The summed E-state index contributed by atoms with van der Waals surface area (Å²) < 4.78 is 19.3. The van der Waals surface area contributed by atoms with Crippen LogP contribution in [-0.2, 0) is 0 Å². The lowest BCUT2D eigenvalue weighted by Gasteiger charge is -2.13. The van der Waals surface area contributed by atoms with Gasteiger partial charge >= 0.3 is 0 Å². The van der Waals surface area contributed by atoms with Crippen molar-refractivity contribution in [2.45, 2.75) is 6.92 Å². The van der Waals surface area contributed by atoms with Crippen molar-refractivity contribution < 1.29 is 9.13 Å². The fourth-order valence-corrected chi connectivity index (χ4v) is 2.72. The molecule has 3 rings (SSSR count). The minimum atomic E-state index is -0.488. The fourth-order valence-electron chi connectivity index (χ4n) is 2.72. The number of aryl methyl sites for hydroxylation is 1. The monoisotopic (exact) mass is 336 g/mol. The highest BCUT2D eigenvalue weighted by molar-refractivity contribution is 5.84. The number of para-hydroxylation sites is 1. The highest BCUT2D eigenvalue weighted by Gasteiger charge is 2.18. The summed E-state index contributed by atoms with van der Waals surface area (Å²) in [7, 11) is 1.40. The van der Waals surface area contributed by atoms with Crippen molar-refractivity contribution >= 4 is 12.2 Å². The molecule has 1 aromatic heterocycles. The summed E-state index contributed by atoms with van der Waals surface area (Å²) in [6, 6.07) is 14.2. The maximum Gasteiger partial charge on any atom is 0.272 e. The van der Waals surface area contributed by atoms with Crippen LogP contribution in [-0.4, -0.2) is 17.3 Å². The molecule has 0 saturated heterocycles. The van der Waals surface area contributed by atoms with Gasteiger partial charge < -0.3 is 4.74 Å². The molecule has 0 aliphatic heterocycles. The molecule has 0 spiro atoms. The second-order valence-electron chi connectivity index (χ2n) is 5.49. The van der Waals surface area contributed by atoms with Crippen molar-refractivity contribution in [2.75, 3.05) is 7.11 Å². The first kappa shape index (κ1) is 16.6. The van der Waals surface area contributed by atoms with E-state index in [4.69, 9.17) is 4.74 Å². The third kappa shape index (κ3) is 3.35. The van der Waals surface area contributed by atoms with E-state index in [1.165, 1.54) is 13.2 Å². The second kappa shape index (κ2) is 7.13. The van der Waals surface area contributed by atoms with Crippen molar-refractivity contribution in [3.8, 4) is 16.9 Å². The van der Waals surface area contributed by atoms with Gasteiger partial charge in [0.1, 0.15) is 0 Å². The molecule has 0 amide bonds. The zero-order chi connectivity index (χ0) is 17.8. The Hall–Kier alpha value is -3.21. The zero-order valence-corrected chi connectivity index (χ0v) is 13.9. The summed E-state index contributed by atoms with van der Waals surface area (Å²) in [5, 5.41) is 6.50. The average molecular weight is 336 g/mol. The number of aromatic nitrogens is 2. The van der Waals surface area contributed by atoms with Gasteiger partial charge in [0.05, 0.1) is 18.4 Å². The van der Waals surface area contributed by atoms with Crippen LogP contribution in [0, 0.1) is 12.7 Å². The Morgan fingerprint density at radius 3 is 2.56 bits per heavy atom. The molecular formula is C20H17FN2O2. The van der Waals surface area contributed by atoms with Crippen LogP contribution in [0.1, 0.15) is 16.8 Å². The first-order chi connectivity index (χ1) is 12.1. The van der Waals surface area contributed by atoms with Crippen molar-refractivity contribution in [2.24, 2.45) is 0 Å². The number of ether oxygens (including phenoxy) is 1. The Bertz CT molecular complexity index is 979. The van der Waals surface area contributed by atoms with Crippen LogP contribution >= 0.6 is 0 Å². The normalized spacial score (nSPS) is 11.0. The number of hydrogen-bond donors (Lipinski definition) is 1. The largest absolute Gasteiger partial charge is 0.493 e. The van der Waals surface area contributed by atoms with Crippen LogP contribution < -0.4 is 10.3 Å². The van der Waals surface area contributed by atoms with Gasteiger partial charge in [0, 0.05) is 11.1 Å². The molecule has 5 heteroatoms. The number of halogens is 1. The standard InChI is InChI=1S/C20H17FN2O2/c1-13-18(15-9-6-10-17(21)19(15)25-2)16(20(24)23-22-13)12-11-14-7-4-3-5-8-14/h3-12H,1-2H3,(H,23,24). The maximum atomic E-state index is 14.1. The number of methoxy groups -OCH3 is 1. The van der Waals surface area contributed by atoms with Gasteiger partial charge in [-0.05, 0) is 24.6 Å². The van der Waals surface area contributed by atoms with Gasteiger partial charge in [-0.3, -0.25) is 4.79 Å². The Labute approximate surface area is 144 Å². The molecule has 0 aliphatic rings. The lowest BCUT2D eigenvalue weighted by atomic mass is 9.97. The molecule has 0 aliphatic carbocycles. The molecule has 4 nitrogen and oxygen atoms in total. The summed E-state index contributed by atoms with van der Waals surface area (Å²) in [6.45, 7) is 1.76. The highest BCUT2D eigenvalue weighted by Crippen LogP contribution is 2.35. The SMILES string of the molecule is COc1c(F)cccc1-c1c(C)n[nH]c(=O)c1C=Cc1ccccc1. The number of nitrogens with zero attached hydrogens (tertiary/aromatic N) is 1. The van der Waals surface area contributed by atoms with Gasteiger partial charge in [-0.25, -0.2) is 9.49 Å². The number of nitrogens with one attached hydrogen (secondary N) is 1. The van der Waals surface area contributed by atoms with E-state index in [2.05, 4.69) is 10.2 Å². The Kier molecular flexibility index (Phi) is 4.75. The molecular weight excluding hydrogens is 319 g/mol. The molecule has 0 atom stereocenters. The number of benzene rings is 2.